The van der Waals surface area contributed by atoms with Crippen LogP contribution in [0.1, 0.15) is 34.8 Å². The number of carbonyl (C=O) groups excluding carboxylic acids is 1. The van der Waals surface area contributed by atoms with Crippen LogP contribution in [0, 0.1) is 6.92 Å². The molecule has 0 aliphatic heterocycles. The maximum absolute atomic E-state index is 12.6. The van der Waals surface area contributed by atoms with Crippen molar-refractivity contribution in [3.8, 4) is 22.6 Å². The van der Waals surface area contributed by atoms with Crippen molar-refractivity contribution >= 4 is 28.5 Å². The zero-order valence-electron chi connectivity index (χ0n) is 19.5. The van der Waals surface area contributed by atoms with Crippen LogP contribution in [-0.4, -0.2) is 32.5 Å². The van der Waals surface area contributed by atoms with Crippen LogP contribution in [0.15, 0.2) is 77.3 Å². The summed E-state index contributed by atoms with van der Waals surface area (Å²) in [5.41, 5.74) is 3.96. The largest absolute Gasteiger partial charge is 0.476 e. The van der Waals surface area contributed by atoms with E-state index in [1.807, 2.05) is 66.7 Å². The number of amides is 1. The molecule has 0 saturated carbocycles. The highest BCUT2D eigenvalue weighted by Gasteiger charge is 2.20. The van der Waals surface area contributed by atoms with Crippen molar-refractivity contribution in [2.45, 2.75) is 20.0 Å². The number of carboxylic acids is 1. The molecule has 1 atom stereocenters. The third kappa shape index (κ3) is 4.54. The molecule has 9 nitrogen and oxygen atoms in total. The van der Waals surface area contributed by atoms with Gasteiger partial charge in [0.05, 0.1) is 5.69 Å². The van der Waals surface area contributed by atoms with Gasteiger partial charge in [0.1, 0.15) is 17.5 Å². The quantitative estimate of drug-likeness (QED) is 0.263. The fourth-order valence-electron chi connectivity index (χ4n) is 3.93. The van der Waals surface area contributed by atoms with Crippen LogP contribution in [0.25, 0.3) is 33.4 Å². The number of carbonyl (C=O) groups is 2. The lowest BCUT2D eigenvalue weighted by atomic mass is 10.0. The number of ether oxygens (including phenoxy) is 1. The lowest BCUT2D eigenvalue weighted by Gasteiger charge is -2.14. The molecule has 36 heavy (non-hydrogen) atoms. The minimum absolute atomic E-state index is 0.0437. The minimum atomic E-state index is -1.09. The Morgan fingerprint density at radius 1 is 1.00 bits per heavy atom. The molecule has 180 valence electrons. The van der Waals surface area contributed by atoms with Crippen LogP contribution >= 0.6 is 0 Å². The van der Waals surface area contributed by atoms with E-state index in [1.54, 1.807) is 13.8 Å². The lowest BCUT2D eigenvalue weighted by Crippen LogP contribution is -2.16. The van der Waals surface area contributed by atoms with Gasteiger partial charge in [0.25, 0.3) is 0 Å². The Morgan fingerprint density at radius 3 is 2.39 bits per heavy atom. The first-order valence-corrected chi connectivity index (χ1v) is 11.2. The highest BCUT2D eigenvalue weighted by molar-refractivity contribution is 5.95. The average molecular weight is 482 g/mol. The predicted octanol–water partition coefficient (Wildman–Crippen LogP) is 6.20. The molecule has 0 bridgehead atoms. The van der Waals surface area contributed by atoms with Crippen LogP contribution in [0.4, 0.5) is 10.5 Å². The molecule has 9 heteroatoms. The molecule has 0 saturated heterocycles. The Labute approximate surface area is 205 Å². The number of aromatic nitrogens is 3. The van der Waals surface area contributed by atoms with E-state index >= 15 is 0 Å². The van der Waals surface area contributed by atoms with E-state index in [1.165, 1.54) is 6.07 Å². The van der Waals surface area contributed by atoms with Gasteiger partial charge >= 0.3 is 12.1 Å². The first-order chi connectivity index (χ1) is 17.4. The number of rotatable bonds is 6. The van der Waals surface area contributed by atoms with Gasteiger partial charge in [-0.15, -0.1) is 0 Å². The predicted molar refractivity (Wildman–Crippen MR) is 134 cm³/mol. The molecule has 0 spiro atoms. The minimum Gasteiger partial charge on any atom is -0.476 e. The molecule has 2 aromatic heterocycles. The standard InChI is InChI=1S/C27H22N4O5/c1-15-24(28-27(34)35-16(2)17-6-4-3-5-7-17)25(36-31-15)21-11-9-18-12-20(10-8-19(18)13-21)22-14-23(26(32)33)30-29-22/h3-14,16H,1-2H3,(H,28,34)(H,29,30)(H,32,33). The van der Waals surface area contributed by atoms with E-state index in [-0.39, 0.29) is 5.69 Å². The summed E-state index contributed by atoms with van der Waals surface area (Å²) in [6.45, 7) is 3.55. The molecule has 2 heterocycles. The molecular formula is C27H22N4O5. The molecule has 5 aromatic rings. The topological polar surface area (TPSA) is 130 Å². The van der Waals surface area contributed by atoms with Gasteiger partial charge in [-0.3, -0.25) is 10.4 Å². The van der Waals surface area contributed by atoms with Gasteiger partial charge < -0.3 is 14.4 Å². The molecule has 3 N–H and O–H groups in total. The highest BCUT2D eigenvalue weighted by Crippen LogP contribution is 2.34. The highest BCUT2D eigenvalue weighted by atomic mass is 16.6. The molecular weight excluding hydrogens is 460 g/mol. The molecule has 1 amide bonds. The maximum Gasteiger partial charge on any atom is 0.412 e. The van der Waals surface area contributed by atoms with Crippen LogP contribution in [0.3, 0.4) is 0 Å². The van der Waals surface area contributed by atoms with E-state index in [0.29, 0.717) is 22.8 Å². The fourth-order valence-corrected chi connectivity index (χ4v) is 3.93. The Kier molecular flexibility index (Phi) is 5.95. The van der Waals surface area contributed by atoms with Crippen LogP contribution < -0.4 is 5.32 Å². The Bertz CT molecular complexity index is 1570. The van der Waals surface area contributed by atoms with Crippen molar-refractivity contribution < 1.29 is 24.0 Å². The summed E-state index contributed by atoms with van der Waals surface area (Å²) in [6, 6.07) is 22.4. The maximum atomic E-state index is 12.6. The number of H-pyrrole nitrogens is 1. The summed E-state index contributed by atoms with van der Waals surface area (Å²) in [7, 11) is 0. The second kappa shape index (κ2) is 9.38. The zero-order valence-corrected chi connectivity index (χ0v) is 19.5. The van der Waals surface area contributed by atoms with Crippen molar-refractivity contribution in [3.63, 3.8) is 0 Å². The number of aromatic amines is 1. The second-order valence-corrected chi connectivity index (χ2v) is 8.30. The van der Waals surface area contributed by atoms with E-state index in [0.717, 1.165) is 27.5 Å². The molecule has 5 rings (SSSR count). The molecule has 0 fully saturated rings. The number of carboxylic acid groups (broad SMARTS) is 1. The van der Waals surface area contributed by atoms with Crippen LogP contribution in [0.5, 0.6) is 0 Å². The second-order valence-electron chi connectivity index (χ2n) is 8.30. The Morgan fingerprint density at radius 2 is 1.69 bits per heavy atom. The average Bonchev–Trinajstić information content (AvgIpc) is 3.52. The smallest absolute Gasteiger partial charge is 0.412 e. The number of hydrogen-bond acceptors (Lipinski definition) is 6. The Balaban J connectivity index is 1.38. The third-order valence-corrected chi connectivity index (χ3v) is 5.85. The summed E-state index contributed by atoms with van der Waals surface area (Å²) in [5, 5.41) is 24.3. The van der Waals surface area contributed by atoms with Gasteiger partial charge in [0.15, 0.2) is 11.5 Å². The molecule has 0 radical (unpaired) electrons. The number of benzene rings is 3. The summed E-state index contributed by atoms with van der Waals surface area (Å²) in [6.07, 6.45) is -1.03. The third-order valence-electron chi connectivity index (χ3n) is 5.85. The Hall–Kier alpha value is -4.92. The number of nitrogens with one attached hydrogen (secondary N) is 2. The lowest BCUT2D eigenvalue weighted by molar-refractivity contribution is 0.0690. The van der Waals surface area contributed by atoms with Crippen molar-refractivity contribution in [1.82, 2.24) is 15.4 Å². The summed E-state index contributed by atoms with van der Waals surface area (Å²) >= 11 is 0. The van der Waals surface area contributed by atoms with Crippen molar-refractivity contribution in [2.75, 3.05) is 5.32 Å². The number of aryl methyl sites for hydroxylation is 1. The van der Waals surface area contributed by atoms with Gasteiger partial charge in [-0.2, -0.15) is 5.10 Å². The molecule has 3 aromatic carbocycles. The molecule has 1 unspecified atom stereocenters. The number of fused-ring (bicyclic) bond motifs is 1. The first kappa shape index (κ1) is 22.9. The summed E-state index contributed by atoms with van der Waals surface area (Å²) < 4.78 is 11.1. The van der Waals surface area contributed by atoms with Gasteiger partial charge in [-0.1, -0.05) is 59.8 Å². The number of hydrogen-bond donors (Lipinski definition) is 3. The van der Waals surface area contributed by atoms with Gasteiger partial charge in [-0.05, 0) is 48.4 Å². The first-order valence-electron chi connectivity index (χ1n) is 11.2. The zero-order chi connectivity index (χ0) is 25.2. The number of aromatic carboxylic acids is 1. The normalized spacial score (nSPS) is 11.8. The van der Waals surface area contributed by atoms with E-state index in [2.05, 4.69) is 20.7 Å². The molecule has 0 aliphatic rings. The van der Waals surface area contributed by atoms with Gasteiger partial charge in [0, 0.05) is 11.1 Å². The number of anilines is 1. The molecule has 0 aliphatic carbocycles. The van der Waals surface area contributed by atoms with E-state index < -0.39 is 18.2 Å². The van der Waals surface area contributed by atoms with E-state index in [9.17, 15) is 9.59 Å². The summed E-state index contributed by atoms with van der Waals surface area (Å²) in [4.78, 5) is 23.7. The fraction of sp³-hybridized carbons (Fsp3) is 0.111. The number of nitrogens with zero attached hydrogens (tertiary/aromatic N) is 2. The SMILES string of the molecule is Cc1noc(-c2ccc3cc(-c4cc(C(=O)O)n[nH]4)ccc3c2)c1NC(=O)OC(C)c1ccccc1. The van der Waals surface area contributed by atoms with Crippen LogP contribution in [-0.2, 0) is 4.74 Å². The monoisotopic (exact) mass is 482 g/mol. The summed E-state index contributed by atoms with van der Waals surface area (Å²) in [5.74, 6) is -0.671. The van der Waals surface area contributed by atoms with Crippen molar-refractivity contribution in [2.24, 2.45) is 0 Å². The van der Waals surface area contributed by atoms with Crippen molar-refractivity contribution in [3.05, 3.63) is 89.7 Å². The van der Waals surface area contributed by atoms with E-state index in [4.69, 9.17) is 14.4 Å². The van der Waals surface area contributed by atoms with Gasteiger partial charge in [-0.25, -0.2) is 9.59 Å². The van der Waals surface area contributed by atoms with Crippen molar-refractivity contribution in [1.29, 1.82) is 0 Å². The van der Waals surface area contributed by atoms with Crippen LogP contribution in [0.2, 0.25) is 0 Å². The van der Waals surface area contributed by atoms with Gasteiger partial charge in [0.2, 0.25) is 0 Å².